The van der Waals surface area contributed by atoms with Gasteiger partial charge in [-0.3, -0.25) is 14.7 Å². The third kappa shape index (κ3) is 3.42. The minimum absolute atomic E-state index is 0.0489. The second-order valence-corrected chi connectivity index (χ2v) is 7.70. The Balaban J connectivity index is 1.68. The number of hydrogen-bond acceptors (Lipinski definition) is 4. The highest BCUT2D eigenvalue weighted by Crippen LogP contribution is 2.40. The predicted octanol–water partition coefficient (Wildman–Crippen LogP) is 4.58. The van der Waals surface area contributed by atoms with Gasteiger partial charge in [-0.1, -0.05) is 40.8 Å². The Morgan fingerprint density at radius 1 is 1.22 bits per heavy atom. The summed E-state index contributed by atoms with van der Waals surface area (Å²) in [5.74, 6) is 1.15. The van der Waals surface area contributed by atoms with E-state index in [9.17, 15) is 4.79 Å². The van der Waals surface area contributed by atoms with Crippen LogP contribution in [0.3, 0.4) is 0 Å². The SMILES string of the molecule is COc1cc2c(cc1OCCCCI)N=C[C@@H]1Cc3ccccc3N1C2=O. The first kappa shape index (κ1) is 18.3. The zero-order valence-electron chi connectivity index (χ0n) is 15.2. The molecule has 6 heteroatoms. The molecule has 2 aromatic rings. The van der Waals surface area contributed by atoms with Crippen LogP contribution in [0.1, 0.15) is 28.8 Å². The third-order valence-corrected chi connectivity index (χ3v) is 5.68. The number of ether oxygens (including phenoxy) is 2. The number of anilines is 1. The van der Waals surface area contributed by atoms with E-state index < -0.39 is 0 Å². The molecular formula is C21H21IN2O3. The second-order valence-electron chi connectivity index (χ2n) is 6.62. The zero-order valence-corrected chi connectivity index (χ0v) is 17.3. The Bertz CT molecular complexity index is 897. The van der Waals surface area contributed by atoms with Crippen molar-refractivity contribution in [3.05, 3.63) is 47.5 Å². The Morgan fingerprint density at radius 3 is 2.89 bits per heavy atom. The molecule has 0 unspecified atom stereocenters. The summed E-state index contributed by atoms with van der Waals surface area (Å²) in [5.41, 5.74) is 3.32. The monoisotopic (exact) mass is 476 g/mol. The van der Waals surface area contributed by atoms with Crippen LogP contribution in [0.4, 0.5) is 11.4 Å². The second kappa shape index (κ2) is 7.88. The number of aliphatic imine (C=N–C) groups is 1. The third-order valence-electron chi connectivity index (χ3n) is 4.91. The van der Waals surface area contributed by atoms with Crippen LogP contribution in [0, 0.1) is 0 Å². The normalized spacial score (nSPS) is 17.2. The number of alkyl halides is 1. The molecule has 0 saturated heterocycles. The number of hydrogen-bond donors (Lipinski definition) is 0. The van der Waals surface area contributed by atoms with Gasteiger partial charge in [0.05, 0.1) is 31.0 Å². The van der Waals surface area contributed by atoms with E-state index in [0.29, 0.717) is 29.4 Å². The summed E-state index contributed by atoms with van der Waals surface area (Å²) in [6.45, 7) is 0.623. The summed E-state index contributed by atoms with van der Waals surface area (Å²) in [4.78, 5) is 19.8. The molecule has 2 aromatic carbocycles. The first-order valence-electron chi connectivity index (χ1n) is 9.09. The lowest BCUT2D eigenvalue weighted by atomic mass is 10.1. The fourth-order valence-corrected chi connectivity index (χ4v) is 4.11. The van der Waals surface area contributed by atoms with Crippen LogP contribution in [0.2, 0.25) is 0 Å². The minimum Gasteiger partial charge on any atom is -0.493 e. The van der Waals surface area contributed by atoms with Crippen LogP contribution >= 0.6 is 22.6 Å². The Kier molecular flexibility index (Phi) is 5.33. The Hall–Kier alpha value is -2.09. The summed E-state index contributed by atoms with van der Waals surface area (Å²) < 4.78 is 12.5. The van der Waals surface area contributed by atoms with Gasteiger partial charge >= 0.3 is 0 Å². The number of fused-ring (bicyclic) bond motifs is 4. The van der Waals surface area contributed by atoms with Crippen molar-refractivity contribution in [2.45, 2.75) is 25.3 Å². The highest BCUT2D eigenvalue weighted by atomic mass is 127. The average molecular weight is 476 g/mol. The molecule has 27 heavy (non-hydrogen) atoms. The smallest absolute Gasteiger partial charge is 0.261 e. The van der Waals surface area contributed by atoms with Gasteiger partial charge in [-0.05, 0) is 35.0 Å². The number of methoxy groups -OCH3 is 1. The summed E-state index contributed by atoms with van der Waals surface area (Å²) in [5, 5.41) is 0. The molecule has 0 saturated carbocycles. The number of amides is 1. The molecule has 0 fully saturated rings. The quantitative estimate of drug-likeness (QED) is 0.349. The van der Waals surface area contributed by atoms with Crippen LogP contribution in [-0.2, 0) is 6.42 Å². The summed E-state index contributed by atoms with van der Waals surface area (Å²) in [6, 6.07) is 11.6. The van der Waals surface area contributed by atoms with Crippen molar-refractivity contribution in [3.63, 3.8) is 0 Å². The summed E-state index contributed by atoms with van der Waals surface area (Å²) in [6.07, 6.45) is 4.75. The van der Waals surface area contributed by atoms with Gasteiger partial charge in [0.2, 0.25) is 0 Å². The van der Waals surface area contributed by atoms with E-state index >= 15 is 0 Å². The van der Waals surface area contributed by atoms with Crippen molar-refractivity contribution in [2.75, 3.05) is 23.0 Å². The number of unbranched alkanes of at least 4 members (excludes halogenated alkanes) is 1. The van der Waals surface area contributed by atoms with Crippen molar-refractivity contribution < 1.29 is 14.3 Å². The Labute approximate surface area is 172 Å². The molecule has 5 nitrogen and oxygen atoms in total. The van der Waals surface area contributed by atoms with E-state index in [0.717, 1.165) is 29.4 Å². The molecule has 0 spiro atoms. The van der Waals surface area contributed by atoms with E-state index in [1.807, 2.05) is 35.4 Å². The molecule has 0 radical (unpaired) electrons. The molecule has 2 aliphatic heterocycles. The van der Waals surface area contributed by atoms with Gasteiger partial charge in [0.25, 0.3) is 5.91 Å². The Morgan fingerprint density at radius 2 is 2.07 bits per heavy atom. The molecule has 1 atom stereocenters. The maximum Gasteiger partial charge on any atom is 0.261 e. The van der Waals surface area contributed by atoms with Crippen molar-refractivity contribution in [1.29, 1.82) is 0 Å². The van der Waals surface area contributed by atoms with E-state index in [-0.39, 0.29) is 11.9 Å². The molecule has 0 bridgehead atoms. The van der Waals surface area contributed by atoms with Crippen molar-refractivity contribution in [1.82, 2.24) is 0 Å². The highest BCUT2D eigenvalue weighted by Gasteiger charge is 2.36. The molecule has 0 aromatic heterocycles. The number of nitrogens with zero attached hydrogens (tertiary/aromatic N) is 2. The van der Waals surface area contributed by atoms with Gasteiger partial charge in [-0.2, -0.15) is 0 Å². The molecule has 2 heterocycles. The number of rotatable bonds is 6. The largest absolute Gasteiger partial charge is 0.493 e. The molecule has 2 aliphatic rings. The zero-order chi connectivity index (χ0) is 18.8. The molecule has 0 aliphatic carbocycles. The van der Waals surface area contributed by atoms with Gasteiger partial charge in [0.15, 0.2) is 11.5 Å². The maximum atomic E-state index is 13.3. The predicted molar refractivity (Wildman–Crippen MR) is 116 cm³/mol. The van der Waals surface area contributed by atoms with Gasteiger partial charge in [-0.25, -0.2) is 0 Å². The standard InChI is InChI=1S/C21H21IN2O3/c1-26-19-11-16-17(12-20(19)27-9-5-4-8-22)23-13-15-10-14-6-2-3-7-18(14)24(15)21(16)25/h2-3,6-7,11-13,15H,4-5,8-10H2,1H3/t15-/m0/s1. The first-order chi connectivity index (χ1) is 13.2. The molecule has 4 rings (SSSR count). The summed E-state index contributed by atoms with van der Waals surface area (Å²) >= 11 is 2.36. The lowest BCUT2D eigenvalue weighted by Gasteiger charge is -2.22. The van der Waals surface area contributed by atoms with Gasteiger partial charge in [0.1, 0.15) is 0 Å². The van der Waals surface area contributed by atoms with Gasteiger partial charge < -0.3 is 9.47 Å². The van der Waals surface area contributed by atoms with E-state index in [1.165, 1.54) is 5.56 Å². The molecule has 0 N–H and O–H groups in total. The van der Waals surface area contributed by atoms with E-state index in [1.54, 1.807) is 13.2 Å². The van der Waals surface area contributed by atoms with Crippen molar-refractivity contribution >= 4 is 46.1 Å². The van der Waals surface area contributed by atoms with Gasteiger partial charge in [-0.15, -0.1) is 0 Å². The fourth-order valence-electron chi connectivity index (χ4n) is 3.57. The minimum atomic E-state index is -0.0543. The van der Waals surface area contributed by atoms with Crippen molar-refractivity contribution in [2.24, 2.45) is 4.99 Å². The van der Waals surface area contributed by atoms with E-state index in [2.05, 4.69) is 33.6 Å². The summed E-state index contributed by atoms with van der Waals surface area (Å²) in [7, 11) is 1.60. The van der Waals surface area contributed by atoms with Crippen LogP contribution in [0.25, 0.3) is 0 Å². The fraction of sp³-hybridized carbons (Fsp3) is 0.333. The van der Waals surface area contributed by atoms with Gasteiger partial charge in [0, 0.05) is 24.4 Å². The molecular weight excluding hydrogens is 455 g/mol. The van der Waals surface area contributed by atoms with Crippen LogP contribution in [0.15, 0.2) is 41.4 Å². The maximum absolute atomic E-state index is 13.3. The van der Waals surface area contributed by atoms with E-state index in [4.69, 9.17) is 9.47 Å². The lowest BCUT2D eigenvalue weighted by Crippen LogP contribution is -2.37. The molecule has 140 valence electrons. The number of carbonyl (C=O) groups is 1. The van der Waals surface area contributed by atoms with Crippen LogP contribution in [-0.4, -0.2) is 36.3 Å². The lowest BCUT2D eigenvalue weighted by molar-refractivity contribution is 0.0986. The number of halogens is 1. The van der Waals surface area contributed by atoms with Crippen LogP contribution in [0.5, 0.6) is 11.5 Å². The van der Waals surface area contributed by atoms with Crippen LogP contribution < -0.4 is 14.4 Å². The first-order valence-corrected chi connectivity index (χ1v) is 10.6. The number of para-hydroxylation sites is 1. The molecule has 1 amide bonds. The number of carbonyl (C=O) groups excluding carboxylic acids is 1. The number of benzene rings is 2. The highest BCUT2D eigenvalue weighted by molar-refractivity contribution is 14.1. The topological polar surface area (TPSA) is 51.1 Å². The average Bonchev–Trinajstić information content (AvgIpc) is 3.01. The van der Waals surface area contributed by atoms with Crippen molar-refractivity contribution in [3.8, 4) is 11.5 Å².